The van der Waals surface area contributed by atoms with Crippen molar-refractivity contribution in [2.24, 2.45) is 5.92 Å². The van der Waals surface area contributed by atoms with Gasteiger partial charge in [-0.25, -0.2) is 4.39 Å². The molecule has 2 aromatic rings. The average molecular weight is 509 g/mol. The van der Waals surface area contributed by atoms with Gasteiger partial charge in [0.15, 0.2) is 0 Å². The van der Waals surface area contributed by atoms with Crippen molar-refractivity contribution in [3.63, 3.8) is 0 Å². The van der Waals surface area contributed by atoms with Crippen LogP contribution in [0.5, 0.6) is 0 Å². The van der Waals surface area contributed by atoms with Crippen LogP contribution in [0.15, 0.2) is 54.7 Å². The van der Waals surface area contributed by atoms with Crippen molar-refractivity contribution in [3.05, 3.63) is 66.0 Å². The molecule has 0 unspecified atom stereocenters. The van der Waals surface area contributed by atoms with Crippen molar-refractivity contribution in [3.8, 4) is 0 Å². The van der Waals surface area contributed by atoms with Crippen LogP contribution >= 0.6 is 0 Å². The third-order valence-corrected chi connectivity index (χ3v) is 7.32. The van der Waals surface area contributed by atoms with E-state index in [4.69, 9.17) is 0 Å². The molecule has 0 aliphatic heterocycles. The molecule has 3 N–H and O–H groups in total. The molecule has 9 heteroatoms. The number of halogens is 1. The summed E-state index contributed by atoms with van der Waals surface area (Å²) >= 11 is 0. The molecule has 0 saturated heterocycles. The fourth-order valence-electron chi connectivity index (χ4n) is 4.87. The molecular formula is C28H33FN4O4. The van der Waals surface area contributed by atoms with E-state index in [1.807, 2.05) is 30.3 Å². The van der Waals surface area contributed by atoms with E-state index in [0.29, 0.717) is 44.2 Å². The van der Waals surface area contributed by atoms with Gasteiger partial charge in [-0.2, -0.15) is 0 Å². The first-order valence-corrected chi connectivity index (χ1v) is 12.9. The van der Waals surface area contributed by atoms with Gasteiger partial charge in [-0.3, -0.25) is 24.2 Å². The van der Waals surface area contributed by atoms with Gasteiger partial charge >= 0.3 is 0 Å². The van der Waals surface area contributed by atoms with Crippen LogP contribution in [0.25, 0.3) is 0 Å². The van der Waals surface area contributed by atoms with E-state index in [-0.39, 0.29) is 24.8 Å². The Labute approximate surface area is 215 Å². The van der Waals surface area contributed by atoms with Crippen molar-refractivity contribution < 1.29 is 23.6 Å². The number of hydrogen-bond acceptors (Lipinski definition) is 5. The van der Waals surface area contributed by atoms with Gasteiger partial charge in [0.05, 0.1) is 12.2 Å². The molecule has 0 bridgehead atoms. The molecule has 1 atom stereocenters. The molecule has 1 aromatic carbocycles. The summed E-state index contributed by atoms with van der Waals surface area (Å²) in [5.41, 5.74) is 0.266. The van der Waals surface area contributed by atoms with Gasteiger partial charge in [0.2, 0.25) is 17.6 Å². The maximum atomic E-state index is 13.5. The molecule has 4 rings (SSSR count). The van der Waals surface area contributed by atoms with E-state index < -0.39 is 35.4 Å². The van der Waals surface area contributed by atoms with Crippen LogP contribution in [0, 0.1) is 5.92 Å². The van der Waals surface area contributed by atoms with Crippen LogP contribution < -0.4 is 16.0 Å². The maximum absolute atomic E-state index is 13.5. The Kier molecular flexibility index (Phi) is 8.63. The molecule has 2 aliphatic rings. The molecular weight excluding hydrogens is 475 g/mol. The number of carbonyl (C=O) groups excluding carboxylic acids is 4. The van der Waals surface area contributed by atoms with E-state index >= 15 is 0 Å². The van der Waals surface area contributed by atoms with Crippen molar-refractivity contribution in [1.82, 2.24) is 20.9 Å². The molecule has 0 radical (unpaired) electrons. The normalized spacial score (nSPS) is 21.1. The summed E-state index contributed by atoms with van der Waals surface area (Å²) < 4.78 is 13.5. The third kappa shape index (κ3) is 6.78. The van der Waals surface area contributed by atoms with Crippen molar-refractivity contribution >= 4 is 23.5 Å². The third-order valence-electron chi connectivity index (χ3n) is 7.32. The number of nitrogens with one attached hydrogen (secondary N) is 3. The molecule has 1 aromatic heterocycles. The number of carbonyl (C=O) groups is 4. The fraction of sp³-hybridized carbons (Fsp3) is 0.464. The zero-order chi connectivity index (χ0) is 26.3. The lowest BCUT2D eigenvalue weighted by Crippen LogP contribution is -2.66. The van der Waals surface area contributed by atoms with Gasteiger partial charge in [-0.1, -0.05) is 36.4 Å². The number of pyridine rings is 1. The lowest BCUT2D eigenvalue weighted by atomic mass is 9.74. The molecule has 2 aliphatic carbocycles. The lowest BCUT2D eigenvalue weighted by molar-refractivity contribution is -0.143. The predicted molar refractivity (Wildman–Crippen MR) is 135 cm³/mol. The number of aromatic nitrogens is 1. The highest BCUT2D eigenvalue weighted by Gasteiger charge is 2.47. The highest BCUT2D eigenvalue weighted by molar-refractivity contribution is 6.38. The average Bonchev–Trinajstić information content (AvgIpc) is 2.90. The predicted octanol–water partition coefficient (Wildman–Crippen LogP) is 2.56. The fourth-order valence-corrected chi connectivity index (χ4v) is 4.87. The highest BCUT2D eigenvalue weighted by Crippen LogP contribution is 2.34. The second-order valence-electron chi connectivity index (χ2n) is 9.96. The summed E-state index contributed by atoms with van der Waals surface area (Å²) in [5.74, 6) is -2.63. The number of Topliss-reactive ketones (excluding diaryl/α,β-unsaturated/α-hetero) is 1. The quantitative estimate of drug-likeness (QED) is 0.427. The molecule has 0 spiro atoms. The summed E-state index contributed by atoms with van der Waals surface area (Å²) in [5, 5.41) is 8.25. The zero-order valence-corrected chi connectivity index (χ0v) is 20.8. The minimum Gasteiger partial charge on any atom is -0.344 e. The molecule has 2 saturated carbocycles. The van der Waals surface area contributed by atoms with Crippen LogP contribution in [-0.4, -0.2) is 46.2 Å². The Hall–Kier alpha value is -3.62. The van der Waals surface area contributed by atoms with Gasteiger partial charge in [0.25, 0.3) is 5.91 Å². The maximum Gasteiger partial charge on any atom is 0.289 e. The van der Waals surface area contributed by atoms with E-state index in [0.717, 1.165) is 12.0 Å². The zero-order valence-electron chi connectivity index (χ0n) is 20.8. The molecule has 196 valence electrons. The minimum atomic E-state index is -1.12. The summed E-state index contributed by atoms with van der Waals surface area (Å²) in [7, 11) is 0. The number of hydrogen-bond donors (Lipinski definition) is 3. The Bertz CT molecular complexity index is 1100. The number of nitrogens with zero attached hydrogens (tertiary/aromatic N) is 1. The first-order valence-electron chi connectivity index (χ1n) is 12.9. The first kappa shape index (κ1) is 26.4. The Morgan fingerprint density at radius 3 is 2.30 bits per heavy atom. The topological polar surface area (TPSA) is 117 Å². The van der Waals surface area contributed by atoms with Gasteiger partial charge in [-0.15, -0.1) is 0 Å². The van der Waals surface area contributed by atoms with E-state index in [2.05, 4.69) is 20.9 Å². The van der Waals surface area contributed by atoms with Crippen molar-refractivity contribution in [2.75, 3.05) is 0 Å². The highest BCUT2D eigenvalue weighted by atomic mass is 19.1. The Balaban J connectivity index is 1.44. The monoisotopic (exact) mass is 508 g/mol. The Morgan fingerprint density at radius 2 is 1.68 bits per heavy atom. The molecule has 1 heterocycles. The van der Waals surface area contributed by atoms with E-state index in [9.17, 15) is 23.6 Å². The largest absolute Gasteiger partial charge is 0.344 e. The number of rotatable bonds is 10. The van der Waals surface area contributed by atoms with Gasteiger partial charge in [-0.05, 0) is 62.6 Å². The molecule has 8 nitrogen and oxygen atoms in total. The second-order valence-corrected chi connectivity index (χ2v) is 9.96. The number of benzene rings is 1. The SMILES string of the molecule is O=C(NCc1ccccn1)C(=O)[C@@H](Cc1ccccc1)NC(=O)C1(NC(=O)C2CCC(F)CC2)CCC1. The summed E-state index contributed by atoms with van der Waals surface area (Å²) in [6, 6.07) is 13.3. The van der Waals surface area contributed by atoms with E-state index in [1.165, 1.54) is 0 Å². The van der Waals surface area contributed by atoms with Crippen LogP contribution in [-0.2, 0) is 32.1 Å². The lowest BCUT2D eigenvalue weighted by Gasteiger charge is -2.42. The standard InChI is InChI=1S/C28H33FN4O4/c29-21-12-10-20(11-13-21)25(35)33-28(14-6-15-28)27(37)32-23(17-19-7-2-1-3-8-19)24(34)26(36)31-18-22-9-4-5-16-30-22/h1-5,7-9,16,20-21,23H,6,10-15,17-18H2,(H,31,36)(H,32,37)(H,33,35)/t20?,21?,23-/m1/s1. The molecule has 3 amide bonds. The van der Waals surface area contributed by atoms with Gasteiger partial charge in [0, 0.05) is 18.5 Å². The van der Waals surface area contributed by atoms with Crippen LogP contribution in [0.3, 0.4) is 0 Å². The van der Waals surface area contributed by atoms with E-state index in [1.54, 1.807) is 24.4 Å². The molecule has 2 fully saturated rings. The smallest absolute Gasteiger partial charge is 0.289 e. The summed E-state index contributed by atoms with van der Waals surface area (Å²) in [6.45, 7) is 0.0819. The number of ketones is 1. The van der Waals surface area contributed by atoms with Crippen molar-refractivity contribution in [1.29, 1.82) is 0 Å². The summed E-state index contributed by atoms with van der Waals surface area (Å²) in [4.78, 5) is 56.4. The van der Waals surface area contributed by atoms with Crippen LogP contribution in [0.2, 0.25) is 0 Å². The summed E-state index contributed by atoms with van der Waals surface area (Å²) in [6.07, 6.45) is 4.10. The van der Waals surface area contributed by atoms with Crippen LogP contribution in [0.4, 0.5) is 4.39 Å². The number of alkyl halides is 1. The molecule has 37 heavy (non-hydrogen) atoms. The van der Waals surface area contributed by atoms with Gasteiger partial charge in [0.1, 0.15) is 17.8 Å². The van der Waals surface area contributed by atoms with Crippen molar-refractivity contribution in [2.45, 2.75) is 75.7 Å². The van der Waals surface area contributed by atoms with Crippen LogP contribution in [0.1, 0.15) is 56.2 Å². The second kappa shape index (κ2) is 12.1. The number of amides is 3. The minimum absolute atomic E-state index is 0.0819. The van der Waals surface area contributed by atoms with Gasteiger partial charge < -0.3 is 16.0 Å². The first-order chi connectivity index (χ1) is 17.9. The Morgan fingerprint density at radius 1 is 0.973 bits per heavy atom.